The van der Waals surface area contributed by atoms with Crippen LogP contribution in [0.2, 0.25) is 5.02 Å². The van der Waals surface area contributed by atoms with Gasteiger partial charge in [0.2, 0.25) is 0 Å². The van der Waals surface area contributed by atoms with Crippen LogP contribution in [0.15, 0.2) is 42.5 Å². The molecule has 1 heterocycles. The zero-order valence-corrected chi connectivity index (χ0v) is 21.1. The molecule has 4 rings (SSSR count). The Hall–Kier alpha value is -2.74. The van der Waals surface area contributed by atoms with Crippen LogP contribution >= 0.6 is 36.4 Å². The second-order valence-corrected chi connectivity index (χ2v) is 8.33. The Kier molecular flexibility index (Phi) is 10.2. The summed E-state index contributed by atoms with van der Waals surface area (Å²) in [5, 5.41) is 15.9. The molecule has 1 aliphatic rings. The number of benzene rings is 2. The lowest BCUT2D eigenvalue weighted by atomic mass is 9.90. The van der Waals surface area contributed by atoms with E-state index in [1.165, 1.54) is 0 Å². The summed E-state index contributed by atoms with van der Waals surface area (Å²) in [6.07, 6.45) is 8.00. The van der Waals surface area contributed by atoms with Crippen molar-refractivity contribution in [1.29, 1.82) is 5.41 Å². The number of guanidine groups is 1. The van der Waals surface area contributed by atoms with E-state index in [0.717, 1.165) is 53.7 Å². The van der Waals surface area contributed by atoms with Gasteiger partial charge in [-0.2, -0.15) is 0 Å². The molecule has 1 fully saturated rings. The van der Waals surface area contributed by atoms with Crippen molar-refractivity contribution in [2.75, 3.05) is 12.4 Å². The molecular weight excluding hydrogens is 495 g/mol. The molecule has 0 unspecified atom stereocenters. The maximum Gasteiger partial charge on any atom is 0.185 e. The van der Waals surface area contributed by atoms with Gasteiger partial charge in [-0.25, -0.2) is 9.97 Å². The van der Waals surface area contributed by atoms with E-state index in [4.69, 9.17) is 37.4 Å². The third kappa shape index (κ3) is 6.88. The summed E-state index contributed by atoms with van der Waals surface area (Å²) in [5.41, 5.74) is 7.46. The molecule has 2 aromatic carbocycles. The van der Waals surface area contributed by atoms with Gasteiger partial charge in [0.05, 0.1) is 12.6 Å². The number of rotatable bonds is 6. The monoisotopic (exact) mass is 522 g/mol. The van der Waals surface area contributed by atoms with Gasteiger partial charge >= 0.3 is 0 Å². The Labute approximate surface area is 216 Å². The van der Waals surface area contributed by atoms with E-state index in [9.17, 15) is 0 Å². The van der Waals surface area contributed by atoms with E-state index in [0.29, 0.717) is 10.8 Å². The zero-order valence-electron chi connectivity index (χ0n) is 18.8. The number of methoxy groups -OCH3 is 1. The molecular formula is C24H29Cl3N6O. The van der Waals surface area contributed by atoms with E-state index >= 15 is 0 Å². The minimum Gasteiger partial charge on any atom is -0.497 e. The van der Waals surface area contributed by atoms with Crippen molar-refractivity contribution < 1.29 is 4.74 Å². The fraction of sp³-hybridized carbons (Fsp3) is 0.292. The Morgan fingerprint density at radius 2 is 1.76 bits per heavy atom. The van der Waals surface area contributed by atoms with Crippen molar-refractivity contribution in [3.8, 4) is 5.75 Å². The minimum absolute atomic E-state index is 0. The third-order valence-electron chi connectivity index (χ3n) is 5.64. The molecule has 1 aliphatic carbocycles. The fourth-order valence-electron chi connectivity index (χ4n) is 4.03. The summed E-state index contributed by atoms with van der Waals surface area (Å²) >= 11 is 5.98. The zero-order chi connectivity index (χ0) is 22.5. The van der Waals surface area contributed by atoms with Crippen LogP contribution in [0.25, 0.3) is 23.1 Å². The van der Waals surface area contributed by atoms with Crippen LogP contribution in [0, 0.1) is 5.41 Å². The Morgan fingerprint density at radius 1 is 1.06 bits per heavy atom. The number of nitrogens with two attached hydrogens (primary N) is 1. The predicted octanol–water partition coefficient (Wildman–Crippen LogP) is 5.51. The van der Waals surface area contributed by atoms with Crippen molar-refractivity contribution in [1.82, 2.24) is 15.3 Å². The molecule has 7 nitrogen and oxygen atoms in total. The fourth-order valence-corrected chi connectivity index (χ4v) is 4.16. The Morgan fingerprint density at radius 3 is 2.44 bits per heavy atom. The number of hydrogen-bond acceptors (Lipinski definition) is 5. The van der Waals surface area contributed by atoms with Crippen molar-refractivity contribution in [2.24, 2.45) is 5.73 Å². The standard InChI is InChI=1S/C24H27ClN6O.2ClH/c1-32-17-11-12-19-18(14-17)23(29-20-4-2-3-5-21(20)30-24(26)27)31-22(28-19)13-8-15-6-9-16(25)10-7-15;;/h6-14,20-21H,2-5H2,1H3,(H4,26,27,30)(H,28,29,31);2*1H/t20-,21+;;/m1../s1. The first-order valence-electron chi connectivity index (χ1n) is 10.7. The topological polar surface area (TPSA) is 109 Å². The average molecular weight is 524 g/mol. The summed E-state index contributed by atoms with van der Waals surface area (Å²) in [6, 6.07) is 13.6. The molecule has 10 heteroatoms. The lowest BCUT2D eigenvalue weighted by Crippen LogP contribution is -2.50. The molecule has 1 saturated carbocycles. The normalized spacial score (nSPS) is 17.5. The lowest BCUT2D eigenvalue weighted by molar-refractivity contribution is 0.377. The first-order valence-corrected chi connectivity index (χ1v) is 11.1. The van der Waals surface area contributed by atoms with Crippen LogP contribution in [0.4, 0.5) is 5.82 Å². The second-order valence-electron chi connectivity index (χ2n) is 7.90. The van der Waals surface area contributed by atoms with E-state index in [2.05, 4.69) is 10.6 Å². The minimum atomic E-state index is -0.00972. The summed E-state index contributed by atoms with van der Waals surface area (Å²) in [6.45, 7) is 0. The molecule has 1 aromatic heterocycles. The highest BCUT2D eigenvalue weighted by atomic mass is 35.5. The quantitative estimate of drug-likeness (QED) is 0.250. The van der Waals surface area contributed by atoms with Crippen LogP contribution in [-0.4, -0.2) is 35.1 Å². The van der Waals surface area contributed by atoms with Crippen molar-refractivity contribution >= 4 is 71.2 Å². The molecule has 34 heavy (non-hydrogen) atoms. The SMILES string of the molecule is COc1ccc2nc(C=Cc3ccc(Cl)cc3)nc(N[C@@H]3CCCC[C@@H]3NC(=N)N)c2c1.Cl.Cl. The lowest BCUT2D eigenvalue weighted by Gasteiger charge is -2.33. The smallest absolute Gasteiger partial charge is 0.185 e. The first kappa shape index (κ1) is 27.5. The van der Waals surface area contributed by atoms with Gasteiger partial charge in [-0.15, -0.1) is 24.8 Å². The average Bonchev–Trinajstić information content (AvgIpc) is 2.79. The maximum atomic E-state index is 7.65. The molecule has 0 radical (unpaired) electrons. The highest BCUT2D eigenvalue weighted by molar-refractivity contribution is 6.30. The van der Waals surface area contributed by atoms with Crippen LogP contribution in [0.1, 0.15) is 37.1 Å². The maximum absolute atomic E-state index is 7.65. The Balaban J connectivity index is 0.00000204. The predicted molar refractivity (Wildman–Crippen MR) is 146 cm³/mol. The molecule has 0 saturated heterocycles. The van der Waals surface area contributed by atoms with Crippen molar-refractivity contribution in [3.63, 3.8) is 0 Å². The first-order chi connectivity index (χ1) is 15.5. The summed E-state index contributed by atoms with van der Waals surface area (Å²) in [4.78, 5) is 9.53. The molecule has 0 aliphatic heterocycles. The van der Waals surface area contributed by atoms with Gasteiger partial charge in [0, 0.05) is 22.5 Å². The van der Waals surface area contributed by atoms with Gasteiger partial charge in [0.25, 0.3) is 0 Å². The van der Waals surface area contributed by atoms with Crippen LogP contribution in [0.5, 0.6) is 5.75 Å². The number of fused-ring (bicyclic) bond motifs is 1. The van der Waals surface area contributed by atoms with E-state index in [1.54, 1.807) is 7.11 Å². The molecule has 3 aromatic rings. The summed E-state index contributed by atoms with van der Waals surface area (Å²) in [5.74, 6) is 2.08. The van der Waals surface area contributed by atoms with Crippen molar-refractivity contribution in [3.05, 3.63) is 58.9 Å². The summed E-state index contributed by atoms with van der Waals surface area (Å²) in [7, 11) is 1.65. The van der Waals surface area contributed by atoms with Crippen LogP contribution in [0.3, 0.4) is 0 Å². The largest absolute Gasteiger partial charge is 0.497 e. The number of hydrogen-bond donors (Lipinski definition) is 4. The molecule has 0 spiro atoms. The number of halogens is 3. The van der Waals surface area contributed by atoms with Gasteiger partial charge in [0.1, 0.15) is 11.6 Å². The van der Waals surface area contributed by atoms with Gasteiger partial charge in [-0.3, -0.25) is 5.41 Å². The number of anilines is 1. The number of nitrogens with zero attached hydrogens (tertiary/aromatic N) is 2. The number of ether oxygens (including phenoxy) is 1. The molecule has 5 N–H and O–H groups in total. The summed E-state index contributed by atoms with van der Waals surface area (Å²) < 4.78 is 5.42. The third-order valence-corrected chi connectivity index (χ3v) is 5.90. The molecule has 0 amide bonds. The number of aromatic nitrogens is 2. The highest BCUT2D eigenvalue weighted by Gasteiger charge is 2.26. The Bertz CT molecular complexity index is 1140. The molecule has 0 bridgehead atoms. The van der Waals surface area contributed by atoms with Gasteiger partial charge in [0.15, 0.2) is 11.8 Å². The molecule has 182 valence electrons. The second kappa shape index (κ2) is 12.6. The van der Waals surface area contributed by atoms with Crippen LogP contribution in [-0.2, 0) is 0 Å². The van der Waals surface area contributed by atoms with Crippen molar-refractivity contribution in [2.45, 2.75) is 37.8 Å². The van der Waals surface area contributed by atoms with E-state index in [-0.39, 0.29) is 42.9 Å². The highest BCUT2D eigenvalue weighted by Crippen LogP contribution is 2.29. The number of nitrogens with one attached hydrogen (secondary N) is 3. The van der Waals surface area contributed by atoms with Gasteiger partial charge in [-0.05, 0) is 54.8 Å². The molecule has 2 atom stereocenters. The van der Waals surface area contributed by atoms with Gasteiger partial charge < -0.3 is 21.1 Å². The van der Waals surface area contributed by atoms with Gasteiger partial charge in [-0.1, -0.05) is 42.7 Å². The van der Waals surface area contributed by atoms with E-state index < -0.39 is 0 Å². The van der Waals surface area contributed by atoms with Crippen LogP contribution < -0.4 is 21.1 Å². The van der Waals surface area contributed by atoms with E-state index in [1.807, 2.05) is 54.6 Å².